The molecule has 0 radical (unpaired) electrons. The first-order chi connectivity index (χ1) is 14.0. The van der Waals surface area contributed by atoms with Gasteiger partial charge in [0.2, 0.25) is 5.84 Å². The number of aromatic nitrogens is 1. The number of nitrogens with zero attached hydrogens (tertiary/aromatic N) is 2. The molecule has 1 aliphatic heterocycles. The van der Waals surface area contributed by atoms with Crippen LogP contribution < -0.4 is 10.6 Å². The summed E-state index contributed by atoms with van der Waals surface area (Å²) >= 11 is 0. The van der Waals surface area contributed by atoms with Crippen molar-refractivity contribution in [3.8, 4) is 11.1 Å². The van der Waals surface area contributed by atoms with Gasteiger partial charge in [-0.05, 0) is 35.7 Å². The fourth-order valence-corrected chi connectivity index (χ4v) is 4.26. The highest BCUT2D eigenvalue weighted by Crippen LogP contribution is 2.26. The van der Waals surface area contributed by atoms with Gasteiger partial charge < -0.3 is 10.6 Å². The van der Waals surface area contributed by atoms with Crippen LogP contribution in [0.2, 0.25) is 0 Å². The summed E-state index contributed by atoms with van der Waals surface area (Å²) in [6, 6.07) is 18.1. The quantitative estimate of drug-likeness (QED) is 0.678. The second kappa shape index (κ2) is 7.84. The Morgan fingerprint density at radius 3 is 2.62 bits per heavy atom. The number of nitrogens with one attached hydrogen (secondary N) is 2. The second-order valence-corrected chi connectivity index (χ2v) is 8.01. The van der Waals surface area contributed by atoms with Crippen LogP contribution >= 0.6 is 0 Å². The molecule has 0 fully saturated rings. The highest BCUT2D eigenvalue weighted by Gasteiger charge is 2.27. The maximum Gasteiger partial charge on any atom is 0.287 e. The van der Waals surface area contributed by atoms with Crippen LogP contribution in [-0.4, -0.2) is 31.7 Å². The fourth-order valence-electron chi connectivity index (χ4n) is 3.15. The molecule has 0 saturated heterocycles. The standard InChI is InChI=1S/C21H18N4O3S/c26-21(20-24-18-9-3-4-10-19(18)29(27,28)25-20)23-13-11-15-6-1-2-8-17(15)16-7-5-12-22-14-16/h1-10,12,14H,11,13H2,(H,23,26)(H,24,25). The number of hydrogen-bond donors (Lipinski definition) is 2. The van der Waals surface area contributed by atoms with E-state index in [1.807, 2.05) is 36.4 Å². The summed E-state index contributed by atoms with van der Waals surface area (Å²) in [5.41, 5.74) is 3.43. The van der Waals surface area contributed by atoms with Crippen LogP contribution in [0, 0.1) is 0 Å². The number of anilines is 1. The molecule has 0 saturated carbocycles. The minimum atomic E-state index is -3.90. The molecule has 1 amide bonds. The minimum absolute atomic E-state index is 0.0574. The van der Waals surface area contributed by atoms with Crippen LogP contribution in [0.3, 0.4) is 0 Å². The summed E-state index contributed by atoms with van der Waals surface area (Å²) in [6.45, 7) is 0.332. The lowest BCUT2D eigenvalue weighted by molar-refractivity contribution is -0.114. The number of pyridine rings is 1. The molecular weight excluding hydrogens is 388 g/mol. The molecule has 7 nitrogen and oxygen atoms in total. The predicted octanol–water partition coefficient (Wildman–Crippen LogP) is 2.62. The molecule has 4 rings (SSSR count). The molecule has 0 bridgehead atoms. The number of carbonyl (C=O) groups is 1. The third kappa shape index (κ3) is 4.02. The van der Waals surface area contributed by atoms with E-state index >= 15 is 0 Å². The SMILES string of the molecule is O=C(NCCc1ccccc1-c1cccnc1)C1=NS(=O)(=O)c2ccccc2N1. The summed E-state index contributed by atoms with van der Waals surface area (Å²) in [5.74, 6) is -0.800. The van der Waals surface area contributed by atoms with E-state index in [-0.39, 0.29) is 10.7 Å². The van der Waals surface area contributed by atoms with Gasteiger partial charge in [0, 0.05) is 24.5 Å². The van der Waals surface area contributed by atoms with Crippen LogP contribution in [-0.2, 0) is 21.2 Å². The lowest BCUT2D eigenvalue weighted by Gasteiger charge is -2.17. The Morgan fingerprint density at radius 2 is 1.79 bits per heavy atom. The van der Waals surface area contributed by atoms with Crippen molar-refractivity contribution < 1.29 is 13.2 Å². The molecule has 29 heavy (non-hydrogen) atoms. The smallest absolute Gasteiger partial charge is 0.287 e. The summed E-state index contributed by atoms with van der Waals surface area (Å²) in [4.78, 5) is 16.7. The van der Waals surface area contributed by atoms with Crippen molar-refractivity contribution >= 4 is 27.5 Å². The Morgan fingerprint density at radius 1 is 1.00 bits per heavy atom. The highest BCUT2D eigenvalue weighted by molar-refractivity contribution is 7.90. The van der Waals surface area contributed by atoms with Crippen LogP contribution in [0.25, 0.3) is 11.1 Å². The molecule has 0 atom stereocenters. The molecule has 0 unspecified atom stereocenters. The van der Waals surface area contributed by atoms with Crippen molar-refractivity contribution in [2.45, 2.75) is 11.3 Å². The van der Waals surface area contributed by atoms with Gasteiger partial charge in [-0.1, -0.05) is 42.5 Å². The van der Waals surface area contributed by atoms with E-state index in [1.54, 1.807) is 30.6 Å². The Bertz CT molecular complexity index is 1190. The third-order valence-corrected chi connectivity index (χ3v) is 5.85. The highest BCUT2D eigenvalue weighted by atomic mass is 32.2. The van der Waals surface area contributed by atoms with Gasteiger partial charge in [0.05, 0.1) is 5.69 Å². The normalized spacial score (nSPS) is 14.3. The largest absolute Gasteiger partial charge is 0.349 e. The maximum atomic E-state index is 12.5. The van der Waals surface area contributed by atoms with Crippen LogP contribution in [0.1, 0.15) is 5.56 Å². The molecule has 0 aliphatic carbocycles. The summed E-state index contributed by atoms with van der Waals surface area (Å²) in [6.07, 6.45) is 4.09. The number of carbonyl (C=O) groups excluding carboxylic acids is 1. The molecular formula is C21H18N4O3S. The number of sulfonamides is 1. The Kier molecular flexibility index (Phi) is 5.09. The predicted molar refractivity (Wildman–Crippen MR) is 111 cm³/mol. The van der Waals surface area contributed by atoms with Crippen molar-refractivity contribution in [2.75, 3.05) is 11.9 Å². The van der Waals surface area contributed by atoms with Crippen molar-refractivity contribution in [2.24, 2.45) is 4.40 Å². The number of benzene rings is 2. The van der Waals surface area contributed by atoms with Gasteiger partial charge in [-0.15, -0.1) is 4.40 Å². The average Bonchev–Trinajstić information content (AvgIpc) is 2.74. The van der Waals surface area contributed by atoms with Crippen LogP contribution in [0.15, 0.2) is 82.4 Å². The Hall–Kier alpha value is -3.52. The summed E-state index contributed by atoms with van der Waals surface area (Å²) < 4.78 is 28.1. The summed E-state index contributed by atoms with van der Waals surface area (Å²) in [7, 11) is -3.90. The third-order valence-electron chi connectivity index (χ3n) is 4.51. The first-order valence-electron chi connectivity index (χ1n) is 9.02. The van der Waals surface area contributed by atoms with Gasteiger partial charge in [-0.3, -0.25) is 9.78 Å². The maximum absolute atomic E-state index is 12.5. The zero-order valence-electron chi connectivity index (χ0n) is 15.4. The van der Waals surface area contributed by atoms with E-state index in [9.17, 15) is 13.2 Å². The van der Waals surface area contributed by atoms with Crippen molar-refractivity contribution in [3.63, 3.8) is 0 Å². The van der Waals surface area contributed by atoms with E-state index in [2.05, 4.69) is 20.0 Å². The molecule has 2 aromatic carbocycles. The van der Waals surface area contributed by atoms with Gasteiger partial charge in [0.1, 0.15) is 4.90 Å². The molecule has 1 aromatic heterocycles. The van der Waals surface area contributed by atoms with Crippen molar-refractivity contribution in [3.05, 3.63) is 78.6 Å². The number of amides is 1. The Labute approximate surface area is 168 Å². The van der Waals surface area contributed by atoms with Gasteiger partial charge >= 0.3 is 0 Å². The first-order valence-corrected chi connectivity index (χ1v) is 10.5. The minimum Gasteiger partial charge on any atom is -0.349 e. The van der Waals surface area contributed by atoms with Gasteiger partial charge in [0.15, 0.2) is 0 Å². The van der Waals surface area contributed by atoms with Crippen LogP contribution in [0.4, 0.5) is 5.69 Å². The summed E-state index contributed by atoms with van der Waals surface area (Å²) in [5, 5.41) is 5.52. The fraction of sp³-hybridized carbons (Fsp3) is 0.0952. The number of fused-ring (bicyclic) bond motifs is 1. The lowest BCUT2D eigenvalue weighted by atomic mass is 9.99. The molecule has 146 valence electrons. The van der Waals surface area contributed by atoms with E-state index in [0.717, 1.165) is 16.7 Å². The molecule has 0 spiro atoms. The average molecular weight is 406 g/mol. The van der Waals surface area contributed by atoms with Gasteiger partial charge in [0.25, 0.3) is 15.9 Å². The molecule has 3 aromatic rings. The molecule has 8 heteroatoms. The van der Waals surface area contributed by atoms with E-state index < -0.39 is 15.9 Å². The molecule has 2 N–H and O–H groups in total. The monoisotopic (exact) mass is 406 g/mol. The van der Waals surface area contributed by atoms with Crippen LogP contribution in [0.5, 0.6) is 0 Å². The molecule has 2 heterocycles. The number of hydrogen-bond acceptors (Lipinski definition) is 5. The topological polar surface area (TPSA) is 101 Å². The van der Waals surface area contributed by atoms with Gasteiger partial charge in [-0.25, -0.2) is 0 Å². The number of para-hydroxylation sites is 1. The number of rotatable bonds is 5. The second-order valence-electron chi connectivity index (χ2n) is 6.44. The molecule has 1 aliphatic rings. The first kappa shape index (κ1) is 18.8. The van der Waals surface area contributed by atoms with Gasteiger partial charge in [-0.2, -0.15) is 8.42 Å². The van der Waals surface area contributed by atoms with Crippen molar-refractivity contribution in [1.82, 2.24) is 10.3 Å². The zero-order chi connectivity index (χ0) is 20.3. The van der Waals surface area contributed by atoms with E-state index in [4.69, 9.17) is 0 Å². The zero-order valence-corrected chi connectivity index (χ0v) is 16.2. The Balaban J connectivity index is 1.45. The van der Waals surface area contributed by atoms with Crippen molar-refractivity contribution in [1.29, 1.82) is 0 Å². The lowest BCUT2D eigenvalue weighted by Crippen LogP contribution is -2.39. The van der Waals surface area contributed by atoms with E-state index in [1.165, 1.54) is 6.07 Å². The van der Waals surface area contributed by atoms with E-state index in [0.29, 0.717) is 18.7 Å². The number of amidine groups is 1.